The van der Waals surface area contributed by atoms with Gasteiger partial charge in [0.25, 0.3) is 0 Å². The SMILES string of the molecule is Cc1ccc(C)c(N2CCN(C(=NCc3ccccc3)Nc3ccc(C(=O)O)cc3)CC2)c1.O=C(O)C(F)(F)F. The van der Waals surface area contributed by atoms with Gasteiger partial charge in [-0.15, -0.1) is 0 Å². The molecule has 1 saturated heterocycles. The molecule has 0 spiro atoms. The second kappa shape index (κ2) is 13.5. The van der Waals surface area contributed by atoms with Gasteiger partial charge in [-0.25, -0.2) is 14.6 Å². The normalized spacial score (nSPS) is 13.8. The second-order valence-corrected chi connectivity index (χ2v) is 9.20. The van der Waals surface area contributed by atoms with E-state index in [1.165, 1.54) is 16.8 Å². The van der Waals surface area contributed by atoms with Crippen LogP contribution < -0.4 is 10.2 Å². The number of aliphatic imine (C=N–C) groups is 1. The van der Waals surface area contributed by atoms with Crippen LogP contribution in [0.1, 0.15) is 27.0 Å². The van der Waals surface area contributed by atoms with Crippen molar-refractivity contribution in [3.05, 3.63) is 95.1 Å². The van der Waals surface area contributed by atoms with Crippen molar-refractivity contribution >= 4 is 29.3 Å². The minimum atomic E-state index is -5.08. The molecule has 0 amide bonds. The first-order chi connectivity index (χ1) is 18.9. The number of aryl methyl sites for hydroxylation is 2. The first-order valence-electron chi connectivity index (χ1n) is 12.5. The van der Waals surface area contributed by atoms with Crippen LogP contribution in [0.15, 0.2) is 77.8 Å². The first kappa shape index (κ1) is 30.0. The summed E-state index contributed by atoms with van der Waals surface area (Å²) in [4.78, 5) is 29.7. The average molecular weight is 557 g/mol. The largest absolute Gasteiger partial charge is 0.490 e. The molecule has 1 fully saturated rings. The summed E-state index contributed by atoms with van der Waals surface area (Å²) in [5, 5.41) is 19.7. The molecule has 1 heterocycles. The van der Waals surface area contributed by atoms with Crippen molar-refractivity contribution in [3.8, 4) is 0 Å². The summed E-state index contributed by atoms with van der Waals surface area (Å²) in [5.74, 6) is -2.88. The number of rotatable bonds is 5. The molecule has 3 aromatic rings. The number of benzene rings is 3. The van der Waals surface area contributed by atoms with Crippen molar-refractivity contribution in [2.24, 2.45) is 4.99 Å². The van der Waals surface area contributed by atoms with E-state index in [0.717, 1.165) is 43.4 Å². The van der Waals surface area contributed by atoms with Gasteiger partial charge in [-0.2, -0.15) is 13.2 Å². The predicted molar refractivity (Wildman–Crippen MR) is 148 cm³/mol. The molecule has 0 radical (unpaired) electrons. The highest BCUT2D eigenvalue weighted by atomic mass is 19.4. The van der Waals surface area contributed by atoms with E-state index in [0.29, 0.717) is 6.54 Å². The zero-order valence-electron chi connectivity index (χ0n) is 22.2. The van der Waals surface area contributed by atoms with E-state index in [4.69, 9.17) is 14.9 Å². The minimum Gasteiger partial charge on any atom is -0.478 e. The summed E-state index contributed by atoms with van der Waals surface area (Å²) < 4.78 is 31.7. The van der Waals surface area contributed by atoms with Gasteiger partial charge in [0.05, 0.1) is 12.1 Å². The van der Waals surface area contributed by atoms with E-state index in [9.17, 15) is 23.1 Å². The van der Waals surface area contributed by atoms with Crippen LogP contribution in [0.3, 0.4) is 0 Å². The third-order valence-electron chi connectivity index (χ3n) is 6.17. The fraction of sp³-hybridized carbons (Fsp3) is 0.276. The lowest BCUT2D eigenvalue weighted by atomic mass is 10.1. The Morgan fingerprint density at radius 2 is 1.50 bits per heavy atom. The number of alkyl halides is 3. The third kappa shape index (κ3) is 8.75. The average Bonchev–Trinajstić information content (AvgIpc) is 2.93. The maximum Gasteiger partial charge on any atom is 0.490 e. The van der Waals surface area contributed by atoms with E-state index >= 15 is 0 Å². The van der Waals surface area contributed by atoms with E-state index in [1.54, 1.807) is 24.3 Å². The molecule has 0 bridgehead atoms. The van der Waals surface area contributed by atoms with E-state index in [-0.39, 0.29) is 5.56 Å². The molecule has 0 atom stereocenters. The number of carboxylic acids is 2. The van der Waals surface area contributed by atoms with Gasteiger partial charge in [0.2, 0.25) is 0 Å². The first-order valence-corrected chi connectivity index (χ1v) is 12.5. The zero-order valence-corrected chi connectivity index (χ0v) is 22.2. The number of hydrogen-bond donors (Lipinski definition) is 3. The van der Waals surface area contributed by atoms with Crippen LogP contribution in [0.2, 0.25) is 0 Å². The number of nitrogens with one attached hydrogen (secondary N) is 1. The molecule has 4 rings (SSSR count). The highest BCUT2D eigenvalue weighted by molar-refractivity contribution is 5.95. The molecule has 3 aromatic carbocycles. The molecule has 1 aliphatic heterocycles. The quantitative estimate of drug-likeness (QED) is 0.285. The van der Waals surface area contributed by atoms with Crippen LogP contribution in [-0.4, -0.2) is 65.4 Å². The lowest BCUT2D eigenvalue weighted by Gasteiger charge is -2.38. The van der Waals surface area contributed by atoms with E-state index in [1.807, 2.05) is 18.2 Å². The summed E-state index contributed by atoms with van der Waals surface area (Å²) in [7, 11) is 0. The van der Waals surface area contributed by atoms with E-state index < -0.39 is 18.1 Å². The fourth-order valence-electron chi connectivity index (χ4n) is 4.01. The Balaban J connectivity index is 0.000000559. The molecule has 8 nitrogen and oxygen atoms in total. The van der Waals surface area contributed by atoms with Crippen LogP contribution in [0, 0.1) is 13.8 Å². The van der Waals surface area contributed by atoms with Gasteiger partial charge < -0.3 is 25.3 Å². The highest BCUT2D eigenvalue weighted by Gasteiger charge is 2.38. The number of carboxylic acid groups (broad SMARTS) is 2. The van der Waals surface area contributed by atoms with Crippen molar-refractivity contribution in [1.29, 1.82) is 0 Å². The molecule has 3 N–H and O–H groups in total. The summed E-state index contributed by atoms with van der Waals surface area (Å²) >= 11 is 0. The van der Waals surface area contributed by atoms with Crippen LogP contribution in [0.25, 0.3) is 0 Å². The van der Waals surface area contributed by atoms with Crippen LogP contribution in [0.5, 0.6) is 0 Å². The maximum atomic E-state index is 11.2. The Labute approximate surface area is 230 Å². The molecular formula is C29H31F3N4O4. The summed E-state index contributed by atoms with van der Waals surface area (Å²) in [5.41, 5.74) is 6.11. The lowest BCUT2D eigenvalue weighted by molar-refractivity contribution is -0.192. The summed E-state index contributed by atoms with van der Waals surface area (Å²) in [6.07, 6.45) is -5.08. The van der Waals surface area contributed by atoms with Gasteiger partial charge in [0.15, 0.2) is 5.96 Å². The topological polar surface area (TPSA) is 105 Å². The van der Waals surface area contributed by atoms with Crippen molar-refractivity contribution in [1.82, 2.24) is 4.90 Å². The van der Waals surface area contributed by atoms with Gasteiger partial charge in [-0.05, 0) is 60.9 Å². The van der Waals surface area contributed by atoms with Gasteiger partial charge in [-0.3, -0.25) is 0 Å². The number of aromatic carboxylic acids is 1. The molecule has 0 aromatic heterocycles. The number of hydrogen-bond acceptors (Lipinski definition) is 4. The van der Waals surface area contributed by atoms with Crippen molar-refractivity contribution in [2.45, 2.75) is 26.6 Å². The smallest absolute Gasteiger partial charge is 0.478 e. The monoisotopic (exact) mass is 556 g/mol. The molecule has 0 saturated carbocycles. The molecule has 1 aliphatic rings. The second-order valence-electron chi connectivity index (χ2n) is 9.20. The molecule has 40 heavy (non-hydrogen) atoms. The Kier molecular flexibility index (Phi) is 10.1. The fourth-order valence-corrected chi connectivity index (χ4v) is 4.01. The molecule has 0 unspecified atom stereocenters. The molecular weight excluding hydrogens is 525 g/mol. The van der Waals surface area contributed by atoms with Gasteiger partial charge in [-0.1, -0.05) is 42.5 Å². The number of anilines is 2. The van der Waals surface area contributed by atoms with Crippen molar-refractivity contribution < 1.29 is 33.0 Å². The molecule has 212 valence electrons. The zero-order chi connectivity index (χ0) is 29.3. The Morgan fingerprint density at radius 1 is 0.900 bits per heavy atom. The number of aliphatic carboxylic acids is 1. The number of piperazine rings is 1. The standard InChI is InChI=1S/C27H30N4O2.C2HF3O2/c1-20-8-9-21(2)25(18-20)30-14-16-31(17-15-30)27(28-19-22-6-4-3-5-7-22)29-24-12-10-23(11-13-24)26(32)33;3-2(4,5)1(6)7/h3-13,18H,14-17,19H2,1-2H3,(H,28,29)(H,32,33);(H,6,7). The minimum absolute atomic E-state index is 0.269. The number of halogens is 3. The van der Waals surface area contributed by atoms with Crippen LogP contribution in [-0.2, 0) is 11.3 Å². The summed E-state index contributed by atoms with van der Waals surface area (Å²) in [6.45, 7) is 8.39. The Morgan fingerprint density at radius 3 is 2.05 bits per heavy atom. The van der Waals surface area contributed by atoms with Crippen LogP contribution >= 0.6 is 0 Å². The van der Waals surface area contributed by atoms with Gasteiger partial charge in [0, 0.05) is 37.6 Å². The summed E-state index contributed by atoms with van der Waals surface area (Å²) in [6, 6.07) is 23.6. The number of nitrogens with zero attached hydrogens (tertiary/aromatic N) is 3. The Hall–Kier alpha value is -4.54. The predicted octanol–water partition coefficient (Wildman–Crippen LogP) is 5.43. The third-order valence-corrected chi connectivity index (χ3v) is 6.17. The maximum absolute atomic E-state index is 11.2. The van der Waals surface area contributed by atoms with Gasteiger partial charge in [0.1, 0.15) is 0 Å². The van der Waals surface area contributed by atoms with Gasteiger partial charge >= 0.3 is 18.1 Å². The lowest BCUT2D eigenvalue weighted by Crippen LogP contribution is -2.51. The molecule has 0 aliphatic carbocycles. The number of carbonyl (C=O) groups is 2. The highest BCUT2D eigenvalue weighted by Crippen LogP contribution is 2.23. The van der Waals surface area contributed by atoms with E-state index in [2.05, 4.69) is 59.3 Å². The molecule has 11 heteroatoms. The van der Waals surface area contributed by atoms with Crippen LogP contribution in [0.4, 0.5) is 24.5 Å². The van der Waals surface area contributed by atoms with Crippen molar-refractivity contribution in [3.63, 3.8) is 0 Å². The number of guanidine groups is 1. The Bertz CT molecular complexity index is 1320. The van der Waals surface area contributed by atoms with Crippen molar-refractivity contribution in [2.75, 3.05) is 36.4 Å².